The van der Waals surface area contributed by atoms with E-state index in [1.54, 1.807) is 18.5 Å². The summed E-state index contributed by atoms with van der Waals surface area (Å²) in [5.41, 5.74) is 4.19. The summed E-state index contributed by atoms with van der Waals surface area (Å²) >= 11 is 0. The van der Waals surface area contributed by atoms with Crippen molar-refractivity contribution in [3.63, 3.8) is 0 Å². The number of nitrogens with one attached hydrogen (secondary N) is 2. The Bertz CT molecular complexity index is 657. The van der Waals surface area contributed by atoms with Gasteiger partial charge >= 0.3 is 0 Å². The van der Waals surface area contributed by atoms with Crippen molar-refractivity contribution in [2.45, 2.75) is 19.4 Å². The van der Waals surface area contributed by atoms with Crippen molar-refractivity contribution < 1.29 is 9.59 Å². The minimum absolute atomic E-state index is 0.0883. The molecular weight excluding hydrogens is 292 g/mol. The average molecular weight is 310 g/mol. The Kier molecular flexibility index (Phi) is 6.46. The first-order valence-electron chi connectivity index (χ1n) is 7.26. The quantitative estimate of drug-likeness (QED) is 0.602. The summed E-state index contributed by atoms with van der Waals surface area (Å²) in [6, 6.07) is 13.2. The van der Waals surface area contributed by atoms with E-state index in [4.69, 9.17) is 0 Å². The summed E-state index contributed by atoms with van der Waals surface area (Å²) in [5.74, 6) is -0.472. The number of nitrogens with zero attached hydrogens (tertiary/aromatic N) is 2. The molecule has 0 saturated heterocycles. The monoisotopic (exact) mass is 310 g/mol. The number of hydrogen-bond acceptors (Lipinski definition) is 4. The fourth-order valence-corrected chi connectivity index (χ4v) is 1.80. The van der Waals surface area contributed by atoms with E-state index in [0.717, 1.165) is 11.1 Å². The molecule has 0 spiro atoms. The van der Waals surface area contributed by atoms with E-state index < -0.39 is 0 Å². The molecule has 6 heteroatoms. The minimum atomic E-state index is -0.306. The van der Waals surface area contributed by atoms with E-state index >= 15 is 0 Å². The number of amides is 2. The van der Waals surface area contributed by atoms with Crippen molar-refractivity contribution in [3.05, 3.63) is 66.0 Å². The van der Waals surface area contributed by atoms with E-state index in [1.807, 2.05) is 36.4 Å². The molecule has 0 aliphatic carbocycles. The summed E-state index contributed by atoms with van der Waals surface area (Å²) in [6.45, 7) is 0.459. The molecule has 0 unspecified atom stereocenters. The predicted molar refractivity (Wildman–Crippen MR) is 87.5 cm³/mol. The van der Waals surface area contributed by atoms with Crippen LogP contribution in [0.3, 0.4) is 0 Å². The molecule has 1 heterocycles. The maximum atomic E-state index is 11.7. The number of hydrazone groups is 1. The van der Waals surface area contributed by atoms with Gasteiger partial charge in [-0.1, -0.05) is 36.4 Å². The van der Waals surface area contributed by atoms with Gasteiger partial charge in [0, 0.05) is 37.3 Å². The maximum Gasteiger partial charge on any atom is 0.240 e. The molecule has 0 fully saturated rings. The Morgan fingerprint density at radius 3 is 2.57 bits per heavy atom. The molecule has 1 aromatic carbocycles. The van der Waals surface area contributed by atoms with Crippen LogP contribution >= 0.6 is 0 Å². The van der Waals surface area contributed by atoms with Crippen molar-refractivity contribution in [1.29, 1.82) is 0 Å². The molecule has 2 N–H and O–H groups in total. The summed E-state index contributed by atoms with van der Waals surface area (Å²) < 4.78 is 0. The number of aromatic nitrogens is 1. The Morgan fingerprint density at radius 2 is 1.83 bits per heavy atom. The fraction of sp³-hybridized carbons (Fsp3) is 0.176. The second-order valence-corrected chi connectivity index (χ2v) is 4.84. The van der Waals surface area contributed by atoms with E-state index in [-0.39, 0.29) is 24.7 Å². The molecule has 2 aromatic rings. The number of rotatable bonds is 7. The van der Waals surface area contributed by atoms with Gasteiger partial charge in [0.15, 0.2) is 0 Å². The van der Waals surface area contributed by atoms with Crippen LogP contribution in [0.5, 0.6) is 0 Å². The van der Waals surface area contributed by atoms with Gasteiger partial charge in [-0.3, -0.25) is 14.6 Å². The van der Waals surface area contributed by atoms with Gasteiger partial charge < -0.3 is 5.32 Å². The molecule has 2 amide bonds. The van der Waals surface area contributed by atoms with Crippen molar-refractivity contribution in [2.24, 2.45) is 5.10 Å². The van der Waals surface area contributed by atoms with Crippen LogP contribution in [0.25, 0.3) is 0 Å². The molecule has 0 bridgehead atoms. The van der Waals surface area contributed by atoms with Gasteiger partial charge in [0.25, 0.3) is 0 Å². The lowest BCUT2D eigenvalue weighted by Gasteiger charge is -2.04. The van der Waals surface area contributed by atoms with Crippen LogP contribution < -0.4 is 10.7 Å². The predicted octanol–water partition coefficient (Wildman–Crippen LogP) is 1.63. The number of carbonyl (C=O) groups excluding carboxylic acids is 2. The molecule has 0 aliphatic rings. The highest BCUT2D eigenvalue weighted by molar-refractivity contribution is 5.85. The standard InChI is InChI=1S/C17H18N4O2/c22-16(19-12-14-5-2-1-3-6-14)8-9-17(23)21-20-13-15-7-4-10-18-11-15/h1-7,10-11,13H,8-9,12H2,(H,19,22)(H,21,23)/b20-13-. The number of benzene rings is 1. The third kappa shape index (κ3) is 6.52. The third-order valence-electron chi connectivity index (χ3n) is 3.00. The Morgan fingerprint density at radius 1 is 1.04 bits per heavy atom. The zero-order valence-electron chi connectivity index (χ0n) is 12.6. The fourth-order valence-electron chi connectivity index (χ4n) is 1.80. The topological polar surface area (TPSA) is 83.5 Å². The van der Waals surface area contributed by atoms with Gasteiger partial charge in [-0.25, -0.2) is 5.43 Å². The molecule has 0 saturated carbocycles. The van der Waals surface area contributed by atoms with Gasteiger partial charge in [0.2, 0.25) is 11.8 Å². The highest BCUT2D eigenvalue weighted by atomic mass is 16.2. The van der Waals surface area contributed by atoms with Gasteiger partial charge in [0.1, 0.15) is 0 Å². The first-order chi connectivity index (χ1) is 11.2. The normalized spacial score (nSPS) is 10.4. The lowest BCUT2D eigenvalue weighted by atomic mass is 10.2. The zero-order valence-corrected chi connectivity index (χ0v) is 12.6. The van der Waals surface area contributed by atoms with E-state index in [0.29, 0.717) is 6.54 Å². The molecule has 0 aliphatic heterocycles. The third-order valence-corrected chi connectivity index (χ3v) is 3.00. The van der Waals surface area contributed by atoms with Gasteiger partial charge in [-0.05, 0) is 11.6 Å². The lowest BCUT2D eigenvalue weighted by Crippen LogP contribution is -2.25. The summed E-state index contributed by atoms with van der Waals surface area (Å²) in [5, 5.41) is 6.59. The maximum absolute atomic E-state index is 11.7. The Balaban J connectivity index is 1.64. The Labute approximate surface area is 134 Å². The summed E-state index contributed by atoms with van der Waals surface area (Å²) in [4.78, 5) is 27.2. The average Bonchev–Trinajstić information content (AvgIpc) is 2.60. The van der Waals surface area contributed by atoms with Crippen molar-refractivity contribution in [3.8, 4) is 0 Å². The van der Waals surface area contributed by atoms with Crippen molar-refractivity contribution in [1.82, 2.24) is 15.7 Å². The van der Waals surface area contributed by atoms with Crippen LogP contribution in [-0.2, 0) is 16.1 Å². The van der Waals surface area contributed by atoms with Crippen LogP contribution in [0.2, 0.25) is 0 Å². The van der Waals surface area contributed by atoms with Gasteiger partial charge in [-0.15, -0.1) is 0 Å². The van der Waals surface area contributed by atoms with Crippen LogP contribution in [0.1, 0.15) is 24.0 Å². The van der Waals surface area contributed by atoms with Crippen molar-refractivity contribution in [2.75, 3.05) is 0 Å². The SMILES string of the molecule is O=C(CCC(=O)N/N=C\c1cccnc1)NCc1ccccc1. The second-order valence-electron chi connectivity index (χ2n) is 4.84. The number of carbonyl (C=O) groups is 2. The van der Waals surface area contributed by atoms with Crippen LogP contribution in [0, 0.1) is 0 Å². The van der Waals surface area contributed by atoms with E-state index in [9.17, 15) is 9.59 Å². The highest BCUT2D eigenvalue weighted by Gasteiger charge is 2.05. The van der Waals surface area contributed by atoms with Gasteiger partial charge in [0.05, 0.1) is 6.21 Å². The number of hydrogen-bond donors (Lipinski definition) is 2. The summed E-state index contributed by atoms with van der Waals surface area (Å²) in [6.07, 6.45) is 5.00. The molecule has 1 aromatic heterocycles. The Hall–Kier alpha value is -3.02. The largest absolute Gasteiger partial charge is 0.352 e. The lowest BCUT2D eigenvalue weighted by molar-refractivity contribution is -0.126. The van der Waals surface area contributed by atoms with Crippen LogP contribution in [-0.4, -0.2) is 23.0 Å². The molecule has 6 nitrogen and oxygen atoms in total. The molecule has 0 atom stereocenters. The van der Waals surface area contributed by atoms with Gasteiger partial charge in [-0.2, -0.15) is 5.10 Å². The zero-order chi connectivity index (χ0) is 16.3. The smallest absolute Gasteiger partial charge is 0.240 e. The number of pyridine rings is 1. The minimum Gasteiger partial charge on any atom is -0.352 e. The second kappa shape index (κ2) is 9.09. The molecular formula is C17H18N4O2. The first-order valence-corrected chi connectivity index (χ1v) is 7.26. The molecule has 0 radical (unpaired) electrons. The van der Waals surface area contributed by atoms with Crippen LogP contribution in [0.15, 0.2) is 60.0 Å². The summed E-state index contributed by atoms with van der Waals surface area (Å²) in [7, 11) is 0. The molecule has 118 valence electrons. The molecule has 2 rings (SSSR count). The first kappa shape index (κ1) is 16.4. The highest BCUT2D eigenvalue weighted by Crippen LogP contribution is 1.98. The van der Waals surface area contributed by atoms with Crippen LogP contribution in [0.4, 0.5) is 0 Å². The van der Waals surface area contributed by atoms with E-state index in [1.165, 1.54) is 6.21 Å². The van der Waals surface area contributed by atoms with E-state index in [2.05, 4.69) is 20.8 Å². The van der Waals surface area contributed by atoms with Crippen molar-refractivity contribution >= 4 is 18.0 Å². The molecule has 23 heavy (non-hydrogen) atoms.